The Hall–Kier alpha value is -2.37. The predicted molar refractivity (Wildman–Crippen MR) is 80.0 cm³/mol. The zero-order valence-corrected chi connectivity index (χ0v) is 13.0. The smallest absolute Gasteiger partial charge is 0.407 e. The Bertz CT molecular complexity index is 513. The van der Waals surface area contributed by atoms with Crippen LogP contribution in [0.15, 0.2) is 30.3 Å². The molecule has 22 heavy (non-hydrogen) atoms. The van der Waals surface area contributed by atoms with Crippen molar-refractivity contribution < 1.29 is 23.9 Å². The third-order valence-corrected chi connectivity index (χ3v) is 3.14. The number of nitrogens with one attached hydrogen (secondary N) is 1. The summed E-state index contributed by atoms with van der Waals surface area (Å²) in [5.41, 5.74) is 0.865. The molecule has 0 spiro atoms. The molecule has 1 rings (SSSR count). The molecule has 120 valence electrons. The molecule has 0 bridgehead atoms. The van der Waals surface area contributed by atoms with E-state index in [4.69, 9.17) is 4.74 Å². The number of alkyl carbamates (subject to hydrolysis) is 1. The van der Waals surface area contributed by atoms with Crippen LogP contribution in [0.2, 0.25) is 0 Å². The van der Waals surface area contributed by atoms with E-state index in [1.54, 1.807) is 0 Å². The van der Waals surface area contributed by atoms with E-state index in [1.807, 2.05) is 44.2 Å². The first-order valence-corrected chi connectivity index (χ1v) is 7.02. The number of benzene rings is 1. The summed E-state index contributed by atoms with van der Waals surface area (Å²) < 4.78 is 9.47. The first kappa shape index (κ1) is 17.7. The number of esters is 1. The zero-order valence-electron chi connectivity index (χ0n) is 13.0. The summed E-state index contributed by atoms with van der Waals surface area (Å²) in [6.07, 6.45) is -0.745. The van der Waals surface area contributed by atoms with Crippen molar-refractivity contribution in [1.29, 1.82) is 0 Å². The summed E-state index contributed by atoms with van der Waals surface area (Å²) in [5, 5.41) is 2.61. The maximum atomic E-state index is 11.8. The van der Waals surface area contributed by atoms with Crippen LogP contribution in [-0.4, -0.2) is 31.0 Å². The lowest BCUT2D eigenvalue weighted by molar-refractivity contribution is -0.152. The van der Waals surface area contributed by atoms with Crippen LogP contribution in [0.3, 0.4) is 0 Å². The molecule has 0 aliphatic rings. The van der Waals surface area contributed by atoms with Crippen molar-refractivity contribution in [3.8, 4) is 0 Å². The highest BCUT2D eigenvalue weighted by molar-refractivity contribution is 6.33. The van der Waals surface area contributed by atoms with Crippen LogP contribution < -0.4 is 5.32 Å². The molecular formula is C16H21NO5. The Morgan fingerprint density at radius 3 is 2.32 bits per heavy atom. The SMILES string of the molecule is COC(=O)C(=O)C[C@@H](NC(=O)OCc1ccccc1)C(C)C. The molecule has 1 amide bonds. The van der Waals surface area contributed by atoms with Gasteiger partial charge in [-0.05, 0) is 11.5 Å². The minimum atomic E-state index is -0.912. The van der Waals surface area contributed by atoms with Gasteiger partial charge in [-0.25, -0.2) is 9.59 Å². The normalized spacial score (nSPS) is 11.6. The number of hydrogen-bond acceptors (Lipinski definition) is 5. The van der Waals surface area contributed by atoms with Crippen LogP contribution in [0.5, 0.6) is 0 Å². The number of methoxy groups -OCH3 is 1. The summed E-state index contributed by atoms with van der Waals surface area (Å²) >= 11 is 0. The first-order chi connectivity index (χ1) is 10.4. The van der Waals surface area contributed by atoms with Crippen molar-refractivity contribution >= 4 is 17.8 Å². The van der Waals surface area contributed by atoms with Crippen LogP contribution >= 0.6 is 0 Å². The van der Waals surface area contributed by atoms with Crippen molar-refractivity contribution in [2.75, 3.05) is 7.11 Å². The van der Waals surface area contributed by atoms with Gasteiger partial charge in [-0.3, -0.25) is 4.79 Å². The van der Waals surface area contributed by atoms with Gasteiger partial charge in [0.05, 0.1) is 7.11 Å². The van der Waals surface area contributed by atoms with Gasteiger partial charge < -0.3 is 14.8 Å². The summed E-state index contributed by atoms with van der Waals surface area (Å²) in [6, 6.07) is 8.76. The summed E-state index contributed by atoms with van der Waals surface area (Å²) in [4.78, 5) is 34.5. The number of hydrogen-bond donors (Lipinski definition) is 1. The second kappa shape index (κ2) is 8.81. The standard InChI is InChI=1S/C16H21NO5/c1-11(2)13(9-14(18)15(19)21-3)17-16(20)22-10-12-7-5-4-6-8-12/h4-8,11,13H,9-10H2,1-3H3,(H,17,20)/t13-/m1/s1. The number of carbonyl (C=O) groups excluding carboxylic acids is 3. The Labute approximate surface area is 129 Å². The van der Waals surface area contributed by atoms with Gasteiger partial charge in [-0.2, -0.15) is 0 Å². The molecule has 0 aliphatic carbocycles. The average molecular weight is 307 g/mol. The average Bonchev–Trinajstić information content (AvgIpc) is 2.52. The van der Waals surface area contributed by atoms with Crippen molar-refractivity contribution in [2.24, 2.45) is 5.92 Å². The Morgan fingerprint density at radius 1 is 1.14 bits per heavy atom. The van der Waals surface area contributed by atoms with Gasteiger partial charge in [0.2, 0.25) is 5.78 Å². The lowest BCUT2D eigenvalue weighted by atomic mass is 9.99. The third kappa shape index (κ3) is 5.95. The largest absolute Gasteiger partial charge is 0.463 e. The molecule has 0 aromatic heterocycles. The Kier molecular flexibility index (Phi) is 7.08. The van der Waals surface area contributed by atoms with Crippen LogP contribution in [0, 0.1) is 5.92 Å². The maximum absolute atomic E-state index is 11.8. The molecule has 0 fully saturated rings. The van der Waals surface area contributed by atoms with Crippen LogP contribution in [0.4, 0.5) is 4.79 Å². The Balaban J connectivity index is 2.50. The fraction of sp³-hybridized carbons (Fsp3) is 0.438. The number of rotatable bonds is 7. The molecule has 1 aromatic rings. The second-order valence-electron chi connectivity index (χ2n) is 5.18. The van der Waals surface area contributed by atoms with Gasteiger partial charge in [-0.15, -0.1) is 0 Å². The van der Waals surface area contributed by atoms with E-state index in [0.29, 0.717) is 0 Å². The fourth-order valence-electron chi connectivity index (χ4n) is 1.77. The van der Waals surface area contributed by atoms with Crippen molar-refractivity contribution in [1.82, 2.24) is 5.32 Å². The Morgan fingerprint density at radius 2 is 1.77 bits per heavy atom. The topological polar surface area (TPSA) is 81.7 Å². The minimum absolute atomic E-state index is 0.0297. The molecule has 0 heterocycles. The molecule has 0 saturated heterocycles. The summed E-state index contributed by atoms with van der Waals surface area (Å²) in [6.45, 7) is 3.82. The molecule has 1 aromatic carbocycles. The van der Waals surface area contributed by atoms with Gasteiger partial charge in [-0.1, -0.05) is 44.2 Å². The summed E-state index contributed by atoms with van der Waals surface area (Å²) in [7, 11) is 1.15. The van der Waals surface area contributed by atoms with Crippen molar-refractivity contribution in [3.63, 3.8) is 0 Å². The molecular weight excluding hydrogens is 286 g/mol. The van der Waals surface area contributed by atoms with E-state index in [1.165, 1.54) is 0 Å². The number of carbonyl (C=O) groups is 3. The van der Waals surface area contributed by atoms with Crippen LogP contribution in [0.25, 0.3) is 0 Å². The lowest BCUT2D eigenvalue weighted by Crippen LogP contribution is -2.41. The summed E-state index contributed by atoms with van der Waals surface area (Å²) in [5.74, 6) is -1.62. The lowest BCUT2D eigenvalue weighted by Gasteiger charge is -2.21. The van der Waals surface area contributed by atoms with Crippen molar-refractivity contribution in [2.45, 2.75) is 32.9 Å². The highest BCUT2D eigenvalue weighted by Crippen LogP contribution is 2.08. The minimum Gasteiger partial charge on any atom is -0.463 e. The monoisotopic (exact) mass is 307 g/mol. The van der Waals surface area contributed by atoms with E-state index < -0.39 is 23.9 Å². The number of Topliss-reactive ketones (excluding diaryl/α,β-unsaturated/α-hetero) is 1. The number of amides is 1. The number of ketones is 1. The maximum Gasteiger partial charge on any atom is 0.407 e. The molecule has 1 atom stereocenters. The van der Waals surface area contributed by atoms with Crippen LogP contribution in [-0.2, 0) is 25.7 Å². The fourth-order valence-corrected chi connectivity index (χ4v) is 1.77. The number of ether oxygens (including phenoxy) is 2. The molecule has 0 saturated carbocycles. The zero-order chi connectivity index (χ0) is 16.5. The molecule has 0 unspecified atom stereocenters. The van der Waals surface area contributed by atoms with E-state index >= 15 is 0 Å². The van der Waals surface area contributed by atoms with E-state index in [2.05, 4.69) is 10.1 Å². The third-order valence-electron chi connectivity index (χ3n) is 3.14. The first-order valence-electron chi connectivity index (χ1n) is 7.02. The quantitative estimate of drug-likeness (QED) is 0.616. The van der Waals surface area contributed by atoms with Gasteiger partial charge in [0, 0.05) is 12.5 Å². The molecule has 1 N–H and O–H groups in total. The van der Waals surface area contributed by atoms with Crippen molar-refractivity contribution in [3.05, 3.63) is 35.9 Å². The molecule has 6 nitrogen and oxygen atoms in total. The van der Waals surface area contributed by atoms with Crippen LogP contribution in [0.1, 0.15) is 25.8 Å². The molecule has 6 heteroatoms. The van der Waals surface area contributed by atoms with E-state index in [0.717, 1.165) is 12.7 Å². The van der Waals surface area contributed by atoms with E-state index in [-0.39, 0.29) is 18.9 Å². The predicted octanol–water partition coefficient (Wildman–Crippen LogP) is 2.07. The molecule has 0 radical (unpaired) electrons. The highest BCUT2D eigenvalue weighted by atomic mass is 16.5. The van der Waals surface area contributed by atoms with Gasteiger partial charge >= 0.3 is 12.1 Å². The molecule has 0 aliphatic heterocycles. The highest BCUT2D eigenvalue weighted by Gasteiger charge is 2.24. The van der Waals surface area contributed by atoms with E-state index in [9.17, 15) is 14.4 Å². The van der Waals surface area contributed by atoms with Gasteiger partial charge in [0.15, 0.2) is 0 Å². The van der Waals surface area contributed by atoms with Gasteiger partial charge in [0.25, 0.3) is 0 Å². The second-order valence-corrected chi connectivity index (χ2v) is 5.18. The van der Waals surface area contributed by atoms with Gasteiger partial charge in [0.1, 0.15) is 6.61 Å².